The van der Waals surface area contributed by atoms with E-state index in [9.17, 15) is 9.59 Å². The lowest BCUT2D eigenvalue weighted by atomic mass is 10.2. The quantitative estimate of drug-likeness (QED) is 0.593. The maximum absolute atomic E-state index is 12.1. The molecular weight excluding hydrogens is 298 g/mol. The van der Waals surface area contributed by atoms with Gasteiger partial charge in [0, 0.05) is 13.1 Å². The minimum absolute atomic E-state index is 0.249. The summed E-state index contributed by atoms with van der Waals surface area (Å²) in [6.07, 6.45) is 0. The molecule has 124 valence electrons. The van der Waals surface area contributed by atoms with Crippen LogP contribution < -0.4 is 9.47 Å². The molecular formula is C17H21NO5. The molecule has 1 aliphatic rings. The van der Waals surface area contributed by atoms with Gasteiger partial charge in [-0.05, 0) is 32.0 Å². The van der Waals surface area contributed by atoms with Crippen molar-refractivity contribution in [1.82, 2.24) is 4.90 Å². The summed E-state index contributed by atoms with van der Waals surface area (Å²) in [6, 6.07) is 4.81. The van der Waals surface area contributed by atoms with E-state index in [1.54, 1.807) is 23.1 Å². The van der Waals surface area contributed by atoms with Gasteiger partial charge < -0.3 is 19.1 Å². The predicted molar refractivity (Wildman–Crippen MR) is 84.8 cm³/mol. The van der Waals surface area contributed by atoms with Gasteiger partial charge in [0.05, 0.1) is 5.56 Å². The number of amides is 1. The van der Waals surface area contributed by atoms with Crippen LogP contribution in [0.5, 0.6) is 11.5 Å². The van der Waals surface area contributed by atoms with Gasteiger partial charge in [-0.15, -0.1) is 0 Å². The lowest BCUT2D eigenvalue weighted by Gasteiger charge is -2.21. The second-order valence-electron chi connectivity index (χ2n) is 5.30. The first-order valence-electron chi connectivity index (χ1n) is 7.50. The Morgan fingerprint density at radius 1 is 1.26 bits per heavy atom. The van der Waals surface area contributed by atoms with Crippen molar-refractivity contribution in [3.05, 3.63) is 35.9 Å². The first-order chi connectivity index (χ1) is 11.0. The zero-order chi connectivity index (χ0) is 16.8. The Hall–Kier alpha value is -2.50. The van der Waals surface area contributed by atoms with Gasteiger partial charge >= 0.3 is 5.97 Å². The third-order valence-electron chi connectivity index (χ3n) is 3.30. The van der Waals surface area contributed by atoms with E-state index in [0.717, 1.165) is 5.57 Å². The van der Waals surface area contributed by atoms with Gasteiger partial charge in [-0.25, -0.2) is 4.79 Å². The lowest BCUT2D eigenvalue weighted by Crippen LogP contribution is -2.35. The molecule has 1 aliphatic heterocycles. The van der Waals surface area contributed by atoms with Crippen LogP contribution in [0.3, 0.4) is 0 Å². The number of hydrogen-bond acceptors (Lipinski definition) is 5. The molecule has 0 aromatic heterocycles. The van der Waals surface area contributed by atoms with E-state index in [2.05, 4.69) is 6.58 Å². The van der Waals surface area contributed by atoms with Crippen LogP contribution in [0, 0.1) is 0 Å². The number of fused-ring (bicyclic) bond motifs is 1. The molecule has 0 unspecified atom stereocenters. The number of hydrogen-bond donors (Lipinski definition) is 0. The van der Waals surface area contributed by atoms with Gasteiger partial charge in [-0.2, -0.15) is 0 Å². The van der Waals surface area contributed by atoms with Gasteiger partial charge in [0.1, 0.15) is 13.2 Å². The molecule has 1 aromatic rings. The summed E-state index contributed by atoms with van der Waals surface area (Å²) in [6.45, 7) is 9.11. The fraction of sp³-hybridized carbons (Fsp3) is 0.412. The Balaban J connectivity index is 1.94. The third kappa shape index (κ3) is 4.48. The number of esters is 1. The minimum atomic E-state index is -0.568. The van der Waals surface area contributed by atoms with Crippen LogP contribution in [-0.4, -0.2) is 49.7 Å². The fourth-order valence-electron chi connectivity index (χ4n) is 2.17. The maximum atomic E-state index is 12.1. The van der Waals surface area contributed by atoms with E-state index in [4.69, 9.17) is 14.2 Å². The van der Waals surface area contributed by atoms with Gasteiger partial charge in [0.2, 0.25) is 0 Å². The zero-order valence-electron chi connectivity index (χ0n) is 13.5. The third-order valence-corrected chi connectivity index (χ3v) is 3.30. The Morgan fingerprint density at radius 2 is 1.96 bits per heavy atom. The van der Waals surface area contributed by atoms with Crippen molar-refractivity contribution in [2.24, 2.45) is 0 Å². The number of nitrogens with zero attached hydrogens (tertiary/aromatic N) is 1. The van der Waals surface area contributed by atoms with Crippen molar-refractivity contribution >= 4 is 11.9 Å². The van der Waals surface area contributed by atoms with Crippen molar-refractivity contribution in [2.45, 2.75) is 13.8 Å². The van der Waals surface area contributed by atoms with E-state index < -0.39 is 5.97 Å². The molecule has 1 aromatic carbocycles. The van der Waals surface area contributed by atoms with Crippen LogP contribution in [0.4, 0.5) is 0 Å². The molecule has 0 spiro atoms. The molecule has 1 amide bonds. The molecule has 0 aliphatic carbocycles. The lowest BCUT2D eigenvalue weighted by molar-refractivity contribution is -0.133. The van der Waals surface area contributed by atoms with Crippen molar-refractivity contribution in [3.8, 4) is 11.5 Å². The molecule has 23 heavy (non-hydrogen) atoms. The number of rotatable bonds is 6. The highest BCUT2D eigenvalue weighted by atomic mass is 16.6. The molecule has 0 atom stereocenters. The van der Waals surface area contributed by atoms with E-state index in [1.807, 2.05) is 13.8 Å². The highest BCUT2D eigenvalue weighted by Crippen LogP contribution is 2.30. The van der Waals surface area contributed by atoms with Gasteiger partial charge in [-0.1, -0.05) is 12.2 Å². The first kappa shape index (κ1) is 16.9. The Labute approximate surface area is 135 Å². The summed E-state index contributed by atoms with van der Waals surface area (Å²) in [7, 11) is 0. The van der Waals surface area contributed by atoms with E-state index in [0.29, 0.717) is 43.4 Å². The SMILES string of the molecule is C=C(C)CN(CC)C(=O)COC(=O)c1ccc2c(c1)OCCO2. The van der Waals surface area contributed by atoms with Crippen LogP contribution in [0.15, 0.2) is 30.4 Å². The Bertz CT molecular complexity index is 611. The predicted octanol–water partition coefficient (Wildman–Crippen LogP) is 2.04. The molecule has 6 heteroatoms. The van der Waals surface area contributed by atoms with Crippen LogP contribution >= 0.6 is 0 Å². The summed E-state index contributed by atoms with van der Waals surface area (Å²) < 4.78 is 15.9. The Kier molecular flexibility index (Phi) is 5.62. The minimum Gasteiger partial charge on any atom is -0.486 e. The highest BCUT2D eigenvalue weighted by molar-refractivity contribution is 5.92. The number of carbonyl (C=O) groups excluding carboxylic acids is 2. The second kappa shape index (κ2) is 7.67. The number of benzene rings is 1. The van der Waals surface area contributed by atoms with Crippen molar-refractivity contribution in [2.75, 3.05) is 32.9 Å². The molecule has 0 radical (unpaired) electrons. The van der Waals surface area contributed by atoms with Crippen LogP contribution in [0.2, 0.25) is 0 Å². The van der Waals surface area contributed by atoms with E-state index >= 15 is 0 Å². The van der Waals surface area contributed by atoms with Crippen molar-refractivity contribution in [3.63, 3.8) is 0 Å². The molecule has 0 N–H and O–H groups in total. The molecule has 1 heterocycles. The van der Waals surface area contributed by atoms with Gasteiger partial charge in [-0.3, -0.25) is 4.79 Å². The fourth-order valence-corrected chi connectivity index (χ4v) is 2.17. The summed E-state index contributed by atoms with van der Waals surface area (Å²) in [5.41, 5.74) is 1.20. The highest BCUT2D eigenvalue weighted by Gasteiger charge is 2.18. The molecule has 0 bridgehead atoms. The first-order valence-corrected chi connectivity index (χ1v) is 7.50. The number of ether oxygens (including phenoxy) is 3. The van der Waals surface area contributed by atoms with Gasteiger partial charge in [0.15, 0.2) is 18.1 Å². The molecule has 0 saturated carbocycles. The standard InChI is InChI=1S/C17H21NO5/c1-4-18(10-12(2)3)16(19)11-23-17(20)13-5-6-14-15(9-13)22-8-7-21-14/h5-6,9H,2,4,7-8,10-11H2,1,3H3. The molecule has 2 rings (SSSR count). The van der Waals surface area contributed by atoms with Crippen molar-refractivity contribution < 1.29 is 23.8 Å². The largest absolute Gasteiger partial charge is 0.486 e. The molecule has 6 nitrogen and oxygen atoms in total. The van der Waals surface area contributed by atoms with Crippen LogP contribution in [0.1, 0.15) is 24.2 Å². The number of carbonyl (C=O) groups is 2. The zero-order valence-corrected chi connectivity index (χ0v) is 13.5. The summed E-state index contributed by atoms with van der Waals surface area (Å²) >= 11 is 0. The Morgan fingerprint density at radius 3 is 2.61 bits per heavy atom. The smallest absolute Gasteiger partial charge is 0.338 e. The topological polar surface area (TPSA) is 65.1 Å². The average molecular weight is 319 g/mol. The molecule has 0 saturated heterocycles. The number of likely N-dealkylation sites (N-methyl/N-ethyl adjacent to an activating group) is 1. The second-order valence-corrected chi connectivity index (χ2v) is 5.30. The van der Waals surface area contributed by atoms with E-state index in [1.165, 1.54) is 0 Å². The normalized spacial score (nSPS) is 12.4. The summed E-state index contributed by atoms with van der Waals surface area (Å²) in [5.74, 6) is 0.292. The summed E-state index contributed by atoms with van der Waals surface area (Å²) in [5, 5.41) is 0. The molecule has 0 fully saturated rings. The average Bonchev–Trinajstić information content (AvgIpc) is 2.56. The van der Waals surface area contributed by atoms with Crippen LogP contribution in [0.25, 0.3) is 0 Å². The van der Waals surface area contributed by atoms with Crippen molar-refractivity contribution in [1.29, 1.82) is 0 Å². The van der Waals surface area contributed by atoms with Crippen LogP contribution in [-0.2, 0) is 9.53 Å². The van der Waals surface area contributed by atoms with E-state index in [-0.39, 0.29) is 12.5 Å². The maximum Gasteiger partial charge on any atom is 0.338 e. The summed E-state index contributed by atoms with van der Waals surface area (Å²) in [4.78, 5) is 25.7. The monoisotopic (exact) mass is 319 g/mol. The van der Waals surface area contributed by atoms with Gasteiger partial charge in [0.25, 0.3) is 5.91 Å².